The average molecular weight is 541 g/mol. The molecule has 1 fully saturated rings. The Kier molecular flexibility index (Phi) is 6.97. The van der Waals surface area contributed by atoms with Crippen LogP contribution in [0.25, 0.3) is 11.1 Å². The molecule has 0 bridgehead atoms. The van der Waals surface area contributed by atoms with Crippen LogP contribution in [0.15, 0.2) is 78.3 Å². The van der Waals surface area contributed by atoms with E-state index in [0.29, 0.717) is 22.2 Å². The third kappa shape index (κ3) is 5.22. The maximum atomic E-state index is 14.2. The first-order chi connectivity index (χ1) is 19.0. The highest BCUT2D eigenvalue weighted by atomic mass is 32.1. The van der Waals surface area contributed by atoms with Gasteiger partial charge in [-0.1, -0.05) is 48.5 Å². The minimum absolute atomic E-state index is 0.252. The van der Waals surface area contributed by atoms with Crippen molar-refractivity contribution in [3.8, 4) is 11.1 Å². The maximum absolute atomic E-state index is 14.2. The second-order valence-corrected chi connectivity index (χ2v) is 11.2. The molecule has 1 saturated heterocycles. The molecule has 3 heterocycles. The van der Waals surface area contributed by atoms with E-state index in [4.69, 9.17) is 0 Å². The van der Waals surface area contributed by atoms with Gasteiger partial charge < -0.3 is 9.80 Å². The van der Waals surface area contributed by atoms with Crippen molar-refractivity contribution in [2.75, 3.05) is 25.5 Å². The van der Waals surface area contributed by atoms with Crippen LogP contribution in [0, 0.1) is 5.82 Å². The van der Waals surface area contributed by atoms with Crippen molar-refractivity contribution in [1.29, 1.82) is 0 Å². The predicted molar refractivity (Wildman–Crippen MR) is 151 cm³/mol. The number of nitrogens with one attached hydrogen (secondary N) is 1. The first-order valence-electron chi connectivity index (χ1n) is 13.1. The normalized spacial score (nSPS) is 16.8. The smallest absolute Gasteiger partial charge is 0.255 e. The summed E-state index contributed by atoms with van der Waals surface area (Å²) in [6, 6.07) is 19.4. The number of thiazole rings is 1. The minimum Gasteiger partial charge on any atom is -0.318 e. The quantitative estimate of drug-likeness (QED) is 0.321. The van der Waals surface area contributed by atoms with Gasteiger partial charge in [-0.15, -0.1) is 11.3 Å². The highest BCUT2D eigenvalue weighted by molar-refractivity contribution is 7.13. The number of anilines is 1. The Morgan fingerprint density at radius 1 is 1.05 bits per heavy atom. The molecule has 8 heteroatoms. The number of hydrogen-bond acceptors (Lipinski definition) is 5. The average Bonchev–Trinajstić information content (AvgIpc) is 3.57. The van der Waals surface area contributed by atoms with Crippen LogP contribution in [0.5, 0.6) is 0 Å². The number of amides is 2. The van der Waals surface area contributed by atoms with E-state index in [-0.39, 0.29) is 12.5 Å². The first kappa shape index (κ1) is 25.4. The van der Waals surface area contributed by atoms with Crippen LogP contribution in [0.4, 0.5) is 9.52 Å². The molecule has 2 aliphatic heterocycles. The summed E-state index contributed by atoms with van der Waals surface area (Å²) in [5.41, 5.74) is 5.18. The van der Waals surface area contributed by atoms with Crippen LogP contribution in [0.1, 0.15) is 51.8 Å². The zero-order valence-corrected chi connectivity index (χ0v) is 22.5. The lowest BCUT2D eigenvalue weighted by molar-refractivity contribution is -0.120. The number of rotatable bonds is 6. The molecule has 1 N–H and O–H groups in total. The van der Waals surface area contributed by atoms with Crippen molar-refractivity contribution >= 4 is 28.3 Å². The summed E-state index contributed by atoms with van der Waals surface area (Å²) >= 11 is 1.28. The van der Waals surface area contributed by atoms with Gasteiger partial charge in [0.2, 0.25) is 0 Å². The molecule has 6 rings (SSSR count). The van der Waals surface area contributed by atoms with Crippen LogP contribution < -0.4 is 5.32 Å². The Bertz CT molecular complexity index is 1500. The van der Waals surface area contributed by atoms with Gasteiger partial charge in [0.15, 0.2) is 5.13 Å². The van der Waals surface area contributed by atoms with Crippen LogP contribution in [-0.2, 0) is 11.3 Å². The SMILES string of the molecule is CN1CCC(c2ccc(-c3ccc4c(c3)C(=O)N(C(C(=O)Nc3nccs3)c3cccc(F)c3)C4)cc2)CC1. The van der Waals surface area contributed by atoms with Crippen molar-refractivity contribution in [1.82, 2.24) is 14.8 Å². The van der Waals surface area contributed by atoms with Gasteiger partial charge in [-0.05, 0) is 84.9 Å². The van der Waals surface area contributed by atoms with Gasteiger partial charge >= 0.3 is 0 Å². The molecular formula is C31H29FN4O2S. The molecule has 0 aliphatic carbocycles. The molecule has 3 aromatic carbocycles. The summed E-state index contributed by atoms with van der Waals surface area (Å²) < 4.78 is 14.2. The Morgan fingerprint density at radius 2 is 1.82 bits per heavy atom. The number of fused-ring (bicyclic) bond motifs is 1. The molecular weight excluding hydrogens is 511 g/mol. The number of halogens is 1. The van der Waals surface area contributed by atoms with E-state index < -0.39 is 17.8 Å². The summed E-state index contributed by atoms with van der Waals surface area (Å²) in [5, 5.41) is 4.97. The minimum atomic E-state index is -0.998. The number of carbonyl (C=O) groups excluding carboxylic acids is 2. The van der Waals surface area contributed by atoms with Crippen molar-refractivity contribution in [2.24, 2.45) is 0 Å². The highest BCUT2D eigenvalue weighted by Crippen LogP contribution is 2.36. The molecule has 0 saturated carbocycles. The molecule has 39 heavy (non-hydrogen) atoms. The lowest BCUT2D eigenvalue weighted by Crippen LogP contribution is -2.37. The fourth-order valence-corrected chi connectivity index (χ4v) is 6.14. The molecule has 1 aromatic heterocycles. The van der Waals surface area contributed by atoms with Crippen molar-refractivity contribution < 1.29 is 14.0 Å². The molecule has 198 valence electrons. The van der Waals surface area contributed by atoms with E-state index >= 15 is 0 Å². The number of hydrogen-bond donors (Lipinski definition) is 1. The molecule has 2 amide bonds. The number of aromatic nitrogens is 1. The Balaban J connectivity index is 1.26. The van der Waals surface area contributed by atoms with Crippen molar-refractivity contribution in [2.45, 2.75) is 31.3 Å². The van der Waals surface area contributed by atoms with Gasteiger partial charge in [-0.3, -0.25) is 14.9 Å². The van der Waals surface area contributed by atoms with Crippen molar-refractivity contribution in [3.63, 3.8) is 0 Å². The molecule has 1 atom stereocenters. The monoisotopic (exact) mass is 540 g/mol. The van der Waals surface area contributed by atoms with Gasteiger partial charge in [0.25, 0.3) is 11.8 Å². The largest absolute Gasteiger partial charge is 0.318 e. The Morgan fingerprint density at radius 3 is 2.54 bits per heavy atom. The summed E-state index contributed by atoms with van der Waals surface area (Å²) in [6.45, 7) is 2.50. The van der Waals surface area contributed by atoms with E-state index in [1.807, 2.05) is 18.2 Å². The van der Waals surface area contributed by atoms with Gasteiger partial charge in [0.1, 0.15) is 11.9 Å². The summed E-state index contributed by atoms with van der Waals surface area (Å²) in [5.74, 6) is -0.560. The second kappa shape index (κ2) is 10.7. The number of nitrogens with zero attached hydrogens (tertiary/aromatic N) is 3. The topological polar surface area (TPSA) is 65.5 Å². The molecule has 0 radical (unpaired) electrons. The van der Waals surface area contributed by atoms with Crippen LogP contribution in [-0.4, -0.2) is 46.7 Å². The molecule has 2 aliphatic rings. The van der Waals surface area contributed by atoms with Gasteiger partial charge in [0.05, 0.1) is 0 Å². The zero-order valence-electron chi connectivity index (χ0n) is 21.6. The van der Waals surface area contributed by atoms with E-state index in [9.17, 15) is 14.0 Å². The van der Waals surface area contributed by atoms with Crippen LogP contribution in [0.2, 0.25) is 0 Å². The molecule has 1 unspecified atom stereocenters. The van der Waals surface area contributed by atoms with Gasteiger partial charge in [-0.2, -0.15) is 0 Å². The summed E-state index contributed by atoms with van der Waals surface area (Å²) in [4.78, 5) is 35.1. The summed E-state index contributed by atoms with van der Waals surface area (Å²) in [7, 11) is 2.17. The number of benzene rings is 3. The van der Waals surface area contributed by atoms with Crippen molar-refractivity contribution in [3.05, 3.63) is 106 Å². The van der Waals surface area contributed by atoms with Crippen LogP contribution >= 0.6 is 11.3 Å². The Hall–Kier alpha value is -3.88. The van der Waals surface area contributed by atoms with E-state index in [1.165, 1.54) is 46.8 Å². The van der Waals surface area contributed by atoms with Gasteiger partial charge in [-0.25, -0.2) is 9.37 Å². The lowest BCUT2D eigenvalue weighted by Gasteiger charge is -2.29. The molecule has 4 aromatic rings. The van der Waals surface area contributed by atoms with E-state index in [2.05, 4.69) is 46.5 Å². The number of carbonyl (C=O) groups is 2. The fraction of sp³-hybridized carbons (Fsp3) is 0.258. The number of likely N-dealkylation sites (tertiary alicyclic amines) is 1. The number of piperidine rings is 1. The second-order valence-electron chi connectivity index (χ2n) is 10.3. The molecule has 0 spiro atoms. The first-order valence-corrected chi connectivity index (χ1v) is 14.0. The fourth-order valence-electron chi connectivity index (χ4n) is 5.61. The van der Waals surface area contributed by atoms with Gasteiger partial charge in [0, 0.05) is 23.7 Å². The molecule has 6 nitrogen and oxygen atoms in total. The van der Waals surface area contributed by atoms with Crippen LogP contribution in [0.3, 0.4) is 0 Å². The highest BCUT2D eigenvalue weighted by Gasteiger charge is 2.38. The standard InChI is InChI=1S/C31H29FN4O2S/c1-35-14-11-22(12-15-35)20-5-7-21(8-6-20)23-9-10-25-19-36(30(38)27(25)18-23)28(24-3-2-4-26(32)17-24)29(37)34-31-33-13-16-39-31/h2-10,13,16-18,22,28H,11-12,14-15,19H2,1H3,(H,33,34,37). The van der Waals surface area contributed by atoms with E-state index in [1.54, 1.807) is 23.7 Å². The predicted octanol–water partition coefficient (Wildman–Crippen LogP) is 6.09. The Labute approximate surface area is 231 Å². The lowest BCUT2D eigenvalue weighted by atomic mass is 9.88. The maximum Gasteiger partial charge on any atom is 0.255 e. The third-order valence-corrected chi connectivity index (χ3v) is 8.45. The van der Waals surface area contributed by atoms with E-state index in [0.717, 1.165) is 29.8 Å². The zero-order chi connectivity index (χ0) is 26.9. The third-order valence-electron chi connectivity index (χ3n) is 7.76. The summed E-state index contributed by atoms with van der Waals surface area (Å²) in [6.07, 6.45) is 3.93.